The third kappa shape index (κ3) is 2.50. The lowest BCUT2D eigenvalue weighted by atomic mass is 10.2. The molecule has 0 aliphatic heterocycles. The van der Waals surface area contributed by atoms with E-state index in [1.165, 1.54) is 6.08 Å². The van der Waals surface area contributed by atoms with Gasteiger partial charge in [0.05, 0.1) is 5.69 Å². The van der Waals surface area contributed by atoms with Crippen LogP contribution in [0.5, 0.6) is 0 Å². The minimum absolute atomic E-state index is 0.269. The molecule has 0 atom stereocenters. The van der Waals surface area contributed by atoms with Crippen LogP contribution < -0.4 is 0 Å². The van der Waals surface area contributed by atoms with E-state index in [0.717, 1.165) is 0 Å². The zero-order chi connectivity index (χ0) is 10.5. The third-order valence-electron chi connectivity index (χ3n) is 2.01. The van der Waals surface area contributed by atoms with Crippen molar-refractivity contribution in [2.24, 2.45) is 0 Å². The highest BCUT2D eigenvalue weighted by atomic mass is 19.1. The number of pyridine rings is 1. The number of hydrogen-bond donors (Lipinski definition) is 0. The summed E-state index contributed by atoms with van der Waals surface area (Å²) in [5.41, 5.74) is 1.20. The number of nitrogens with zero attached hydrogens (tertiary/aromatic N) is 1. The lowest BCUT2D eigenvalue weighted by Crippen LogP contribution is -1.80. The van der Waals surface area contributed by atoms with E-state index < -0.39 is 0 Å². The first-order valence-electron chi connectivity index (χ1n) is 4.70. The topological polar surface area (TPSA) is 12.9 Å². The molecular weight excluding hydrogens is 189 g/mol. The summed E-state index contributed by atoms with van der Waals surface area (Å²) in [5, 5.41) is 0. The summed E-state index contributed by atoms with van der Waals surface area (Å²) in [5.74, 6) is -0.269. The van der Waals surface area contributed by atoms with Crippen LogP contribution in [0.4, 0.5) is 4.39 Å². The second-order valence-electron chi connectivity index (χ2n) is 3.11. The largest absolute Gasteiger partial charge is 0.257 e. The molecule has 1 aromatic heterocycles. The first kappa shape index (κ1) is 9.59. The van der Waals surface area contributed by atoms with Gasteiger partial charge in [0.25, 0.3) is 0 Å². The van der Waals surface area contributed by atoms with Crippen molar-refractivity contribution in [2.45, 2.75) is 0 Å². The number of halogens is 1. The summed E-state index contributed by atoms with van der Waals surface area (Å²) < 4.78 is 13.6. The lowest BCUT2D eigenvalue weighted by molar-refractivity contribution is 0.765. The monoisotopic (exact) mass is 199 g/mol. The van der Waals surface area contributed by atoms with Gasteiger partial charge in [-0.25, -0.2) is 4.39 Å². The Bertz CT molecular complexity index is 448. The van der Waals surface area contributed by atoms with E-state index in [1.807, 2.05) is 12.1 Å². The Balaban J connectivity index is 2.29. The molecule has 0 amide bonds. The van der Waals surface area contributed by atoms with Crippen LogP contribution in [0.15, 0.2) is 54.7 Å². The summed E-state index contributed by atoms with van der Waals surface area (Å²) in [6, 6.07) is 14.3. The van der Waals surface area contributed by atoms with Crippen LogP contribution in [0.1, 0.15) is 11.3 Å². The minimum Gasteiger partial charge on any atom is -0.257 e. The quantitative estimate of drug-likeness (QED) is 0.720. The van der Waals surface area contributed by atoms with Gasteiger partial charge in [0.15, 0.2) is 0 Å². The highest BCUT2D eigenvalue weighted by Gasteiger charge is 1.98. The lowest BCUT2D eigenvalue weighted by Gasteiger charge is -1.96. The van der Waals surface area contributed by atoms with Crippen LogP contribution in [0, 0.1) is 0 Å². The first-order valence-corrected chi connectivity index (χ1v) is 4.70. The van der Waals surface area contributed by atoms with Gasteiger partial charge in [-0.15, -0.1) is 0 Å². The zero-order valence-corrected chi connectivity index (χ0v) is 8.10. The van der Waals surface area contributed by atoms with Gasteiger partial charge in [-0.1, -0.05) is 36.4 Å². The Morgan fingerprint density at radius 2 is 1.73 bits per heavy atom. The molecule has 0 spiro atoms. The summed E-state index contributed by atoms with van der Waals surface area (Å²) in [6.07, 6.45) is 3.07. The van der Waals surface area contributed by atoms with Crippen LogP contribution in [0.3, 0.4) is 0 Å². The number of aromatic nitrogens is 1. The van der Waals surface area contributed by atoms with Gasteiger partial charge >= 0.3 is 0 Å². The number of hydrogen-bond acceptors (Lipinski definition) is 1. The fourth-order valence-electron chi connectivity index (χ4n) is 1.27. The highest BCUT2D eigenvalue weighted by molar-refractivity contribution is 5.75. The normalized spacial score (nSPS) is 11.4. The van der Waals surface area contributed by atoms with Gasteiger partial charge in [0.1, 0.15) is 5.83 Å². The molecule has 2 aromatic rings. The molecule has 0 aliphatic rings. The number of benzene rings is 1. The SMILES string of the molecule is F/C(=C\c1ccccn1)c1ccccc1. The molecule has 0 fully saturated rings. The average molecular weight is 199 g/mol. The van der Waals surface area contributed by atoms with E-state index >= 15 is 0 Å². The standard InChI is InChI=1S/C13H10FN/c14-13(11-6-2-1-3-7-11)10-12-8-4-5-9-15-12/h1-10H/b13-10-. The van der Waals surface area contributed by atoms with Crippen LogP contribution in [-0.2, 0) is 0 Å². The highest BCUT2D eigenvalue weighted by Crippen LogP contribution is 2.17. The fourth-order valence-corrected chi connectivity index (χ4v) is 1.27. The Morgan fingerprint density at radius 1 is 1.00 bits per heavy atom. The fraction of sp³-hybridized carbons (Fsp3) is 0. The molecular formula is C13H10FN. The van der Waals surface area contributed by atoms with Crippen LogP contribution in [-0.4, -0.2) is 4.98 Å². The van der Waals surface area contributed by atoms with Crippen molar-refractivity contribution in [1.82, 2.24) is 4.98 Å². The second-order valence-corrected chi connectivity index (χ2v) is 3.11. The molecule has 1 heterocycles. The van der Waals surface area contributed by atoms with Crippen LogP contribution in [0.2, 0.25) is 0 Å². The predicted octanol–water partition coefficient (Wildman–Crippen LogP) is 3.55. The second kappa shape index (κ2) is 4.51. The molecule has 1 nitrogen and oxygen atoms in total. The molecule has 0 N–H and O–H groups in total. The molecule has 0 saturated carbocycles. The van der Waals surface area contributed by atoms with Gasteiger partial charge in [-0.3, -0.25) is 4.98 Å². The van der Waals surface area contributed by atoms with Crippen molar-refractivity contribution in [3.05, 3.63) is 66.0 Å². The summed E-state index contributed by atoms with van der Waals surface area (Å²) in [6.45, 7) is 0. The van der Waals surface area contributed by atoms with E-state index in [4.69, 9.17) is 0 Å². The van der Waals surface area contributed by atoms with Crippen LogP contribution >= 0.6 is 0 Å². The average Bonchev–Trinajstić information content (AvgIpc) is 2.31. The molecule has 15 heavy (non-hydrogen) atoms. The first-order chi connectivity index (χ1) is 7.36. The Labute approximate surface area is 87.9 Å². The maximum atomic E-state index is 13.6. The van der Waals surface area contributed by atoms with E-state index in [9.17, 15) is 4.39 Å². The van der Waals surface area contributed by atoms with Crippen molar-refractivity contribution >= 4 is 11.9 Å². The maximum Gasteiger partial charge on any atom is 0.132 e. The molecule has 2 rings (SSSR count). The van der Waals surface area contributed by atoms with Gasteiger partial charge in [0, 0.05) is 17.8 Å². The molecule has 0 radical (unpaired) electrons. The van der Waals surface area contributed by atoms with E-state index in [-0.39, 0.29) is 5.83 Å². The Morgan fingerprint density at radius 3 is 2.40 bits per heavy atom. The molecule has 0 aliphatic carbocycles. The molecule has 0 unspecified atom stereocenters. The van der Waals surface area contributed by atoms with Crippen molar-refractivity contribution in [3.63, 3.8) is 0 Å². The van der Waals surface area contributed by atoms with Crippen molar-refractivity contribution in [3.8, 4) is 0 Å². The molecule has 2 heteroatoms. The molecule has 0 bridgehead atoms. The molecule has 0 saturated heterocycles. The predicted molar refractivity (Wildman–Crippen MR) is 59.7 cm³/mol. The van der Waals surface area contributed by atoms with E-state index in [0.29, 0.717) is 11.3 Å². The third-order valence-corrected chi connectivity index (χ3v) is 2.01. The van der Waals surface area contributed by atoms with E-state index in [1.54, 1.807) is 42.6 Å². The van der Waals surface area contributed by atoms with Crippen LogP contribution in [0.25, 0.3) is 11.9 Å². The smallest absolute Gasteiger partial charge is 0.132 e. The Kier molecular flexibility index (Phi) is 2.88. The van der Waals surface area contributed by atoms with Crippen molar-refractivity contribution in [1.29, 1.82) is 0 Å². The molecule has 74 valence electrons. The van der Waals surface area contributed by atoms with Gasteiger partial charge in [-0.05, 0) is 12.1 Å². The maximum absolute atomic E-state index is 13.6. The summed E-state index contributed by atoms with van der Waals surface area (Å²) >= 11 is 0. The van der Waals surface area contributed by atoms with Gasteiger partial charge in [0.2, 0.25) is 0 Å². The van der Waals surface area contributed by atoms with Crippen molar-refractivity contribution < 1.29 is 4.39 Å². The van der Waals surface area contributed by atoms with Gasteiger partial charge in [-0.2, -0.15) is 0 Å². The van der Waals surface area contributed by atoms with Crippen molar-refractivity contribution in [2.75, 3.05) is 0 Å². The Hall–Kier alpha value is -1.96. The summed E-state index contributed by atoms with van der Waals surface area (Å²) in [7, 11) is 0. The van der Waals surface area contributed by atoms with Gasteiger partial charge < -0.3 is 0 Å². The summed E-state index contributed by atoms with van der Waals surface area (Å²) in [4.78, 5) is 4.03. The minimum atomic E-state index is -0.269. The number of rotatable bonds is 2. The zero-order valence-electron chi connectivity index (χ0n) is 8.10. The molecule has 1 aromatic carbocycles. The van der Waals surface area contributed by atoms with E-state index in [2.05, 4.69) is 4.98 Å².